The molecule has 2 aromatic rings. The topological polar surface area (TPSA) is 63.6 Å². The van der Waals surface area contributed by atoms with Gasteiger partial charge in [-0.15, -0.1) is 24.0 Å². The molecule has 0 saturated heterocycles. The normalized spacial score (nSPS) is 10.2. The Bertz CT molecular complexity index is 587. The van der Waals surface area contributed by atoms with Crippen LogP contribution in [-0.4, -0.2) is 48.5 Å². The van der Waals surface area contributed by atoms with Gasteiger partial charge in [-0.1, -0.05) is 36.4 Å². The van der Waals surface area contributed by atoms with E-state index in [2.05, 4.69) is 20.8 Å². The van der Waals surface area contributed by atoms with Crippen LogP contribution in [0.3, 0.4) is 0 Å². The molecule has 2 rings (SSSR count). The number of carbonyl (C=O) groups is 1. The first-order valence-corrected chi connectivity index (χ1v) is 9.10. The van der Waals surface area contributed by atoms with Gasteiger partial charge < -0.3 is 19.5 Å². The minimum absolute atomic E-state index is 0. The summed E-state index contributed by atoms with van der Waals surface area (Å²) in [5, 5.41) is 19.9. The maximum Gasteiger partial charge on any atom is 0.146 e. The number of rotatable bonds is 7. The number of likely N-dealkylation sites (N-methyl/N-ethyl adjacent to an activating group) is 1. The first kappa shape index (κ1) is 25.4. The fraction of sp³-hybridized carbons (Fsp3) is 0.381. The maximum atomic E-state index is 11.1. The molecule has 27 heavy (non-hydrogen) atoms. The Morgan fingerprint density at radius 2 is 1.26 bits per heavy atom. The third kappa shape index (κ3) is 7.86. The minimum Gasteiger partial charge on any atom is -0.529 e. The number of para-hydroxylation sites is 2. The lowest BCUT2D eigenvalue weighted by molar-refractivity contribution is -0.923. The van der Waals surface area contributed by atoms with Crippen molar-refractivity contribution in [3.8, 4) is 0 Å². The number of aliphatic hydroxyl groups excluding tert-OH is 1. The zero-order valence-electron chi connectivity index (χ0n) is 16.4. The van der Waals surface area contributed by atoms with Crippen molar-refractivity contribution in [3.05, 3.63) is 60.7 Å². The average Bonchev–Trinajstić information content (AvgIpc) is 2.68. The number of nitrogens with zero attached hydrogens (tertiary/aromatic N) is 2. The summed E-state index contributed by atoms with van der Waals surface area (Å²) in [6.07, 6.45) is -1.24. The first-order valence-electron chi connectivity index (χ1n) is 9.10. The second-order valence-electron chi connectivity index (χ2n) is 6.01. The van der Waals surface area contributed by atoms with E-state index in [1.54, 1.807) is 48.5 Å². The second kappa shape index (κ2) is 13.5. The fourth-order valence-electron chi connectivity index (χ4n) is 2.87. The van der Waals surface area contributed by atoms with Crippen LogP contribution in [0.4, 0.5) is 16.2 Å². The number of amides is 1. The molecule has 0 radical (unpaired) electrons. The molecule has 0 aliphatic heterocycles. The summed E-state index contributed by atoms with van der Waals surface area (Å²) in [6, 6.07) is 17.7. The van der Waals surface area contributed by atoms with E-state index in [9.17, 15) is 9.90 Å². The summed E-state index contributed by atoms with van der Waals surface area (Å²) in [7, 11) is 0. The predicted octanol–water partition coefficient (Wildman–Crippen LogP) is 3.64. The molecule has 0 aliphatic carbocycles. The molecule has 0 aliphatic rings. The van der Waals surface area contributed by atoms with E-state index in [0.29, 0.717) is 18.0 Å². The summed E-state index contributed by atoms with van der Waals surface area (Å²) in [5.74, 6) is 0. The van der Waals surface area contributed by atoms with Crippen molar-refractivity contribution in [3.63, 3.8) is 0 Å². The molecule has 0 spiro atoms. The SMILES string of the molecule is CC[N+](CC)(CC)CCO.I.O=C([O-])N(c1ccccc1)c1ccccc1. The molecule has 6 heteroatoms. The Balaban J connectivity index is 0.000000539. The Labute approximate surface area is 179 Å². The number of benzene rings is 2. The van der Waals surface area contributed by atoms with Crippen LogP contribution >= 0.6 is 24.0 Å². The highest BCUT2D eigenvalue weighted by Gasteiger charge is 2.18. The molecule has 1 amide bonds. The number of hydrogen-bond donors (Lipinski definition) is 1. The van der Waals surface area contributed by atoms with Gasteiger partial charge >= 0.3 is 0 Å². The van der Waals surface area contributed by atoms with Crippen molar-refractivity contribution >= 4 is 41.4 Å². The van der Waals surface area contributed by atoms with Gasteiger partial charge in [0, 0.05) is 11.4 Å². The zero-order chi connectivity index (χ0) is 19.4. The predicted molar refractivity (Wildman–Crippen MR) is 120 cm³/mol. The van der Waals surface area contributed by atoms with Crippen LogP contribution in [0.2, 0.25) is 0 Å². The van der Waals surface area contributed by atoms with Crippen molar-refractivity contribution in [1.82, 2.24) is 0 Å². The number of anilines is 2. The standard InChI is InChI=1S/C13H11NO2.C8H20NO.HI/c15-13(16)14(11-7-3-1-4-8-11)12-9-5-2-6-10-12;1-4-9(5-2,6-3)7-8-10;/h1-10H,(H,15,16);10H,4-8H2,1-3H3;1H/q;+1;/p-1. The fourth-order valence-corrected chi connectivity index (χ4v) is 2.87. The molecule has 0 saturated carbocycles. The van der Waals surface area contributed by atoms with E-state index in [1.165, 1.54) is 0 Å². The lowest BCUT2D eigenvalue weighted by atomic mass is 10.2. The minimum atomic E-state index is -1.24. The Hall–Kier alpha value is -1.64. The highest BCUT2D eigenvalue weighted by molar-refractivity contribution is 14.0. The molecule has 0 unspecified atom stereocenters. The van der Waals surface area contributed by atoms with Gasteiger partial charge in [-0.3, -0.25) is 4.90 Å². The number of aliphatic hydroxyl groups is 1. The van der Waals surface area contributed by atoms with E-state index in [0.717, 1.165) is 35.6 Å². The van der Waals surface area contributed by atoms with Gasteiger partial charge in [-0.25, -0.2) is 0 Å². The molecule has 2 aromatic carbocycles. The van der Waals surface area contributed by atoms with Crippen LogP contribution in [0, 0.1) is 0 Å². The van der Waals surface area contributed by atoms with E-state index in [1.807, 2.05) is 12.1 Å². The molecule has 0 fully saturated rings. The van der Waals surface area contributed by atoms with Gasteiger partial charge in [0.05, 0.1) is 26.2 Å². The summed E-state index contributed by atoms with van der Waals surface area (Å²) in [5.41, 5.74) is 1.16. The maximum absolute atomic E-state index is 11.1. The smallest absolute Gasteiger partial charge is 0.146 e. The van der Waals surface area contributed by atoms with E-state index in [-0.39, 0.29) is 24.0 Å². The van der Waals surface area contributed by atoms with Gasteiger partial charge in [-0.05, 0) is 45.0 Å². The summed E-state index contributed by atoms with van der Waals surface area (Å²) < 4.78 is 1.05. The third-order valence-electron chi connectivity index (χ3n) is 4.80. The van der Waals surface area contributed by atoms with Crippen molar-refractivity contribution in [2.24, 2.45) is 0 Å². The molecule has 5 nitrogen and oxygen atoms in total. The molecule has 0 aromatic heterocycles. The molecular formula is C21H31IN2O3. The molecule has 0 heterocycles. The van der Waals surface area contributed by atoms with Crippen molar-refractivity contribution in [2.75, 3.05) is 37.7 Å². The van der Waals surface area contributed by atoms with E-state index < -0.39 is 6.09 Å². The van der Waals surface area contributed by atoms with Crippen LogP contribution in [0.5, 0.6) is 0 Å². The molecule has 0 bridgehead atoms. The number of hydrogen-bond acceptors (Lipinski definition) is 3. The first-order chi connectivity index (χ1) is 12.5. The quantitative estimate of drug-likeness (QED) is 0.480. The average molecular weight is 486 g/mol. The summed E-state index contributed by atoms with van der Waals surface area (Å²) in [4.78, 5) is 12.3. The van der Waals surface area contributed by atoms with E-state index in [4.69, 9.17) is 5.11 Å². The van der Waals surface area contributed by atoms with E-state index >= 15 is 0 Å². The van der Waals surface area contributed by atoms with Gasteiger partial charge in [-0.2, -0.15) is 0 Å². The molecular weight excluding hydrogens is 455 g/mol. The highest BCUT2D eigenvalue weighted by atomic mass is 127. The Morgan fingerprint density at radius 3 is 1.48 bits per heavy atom. The van der Waals surface area contributed by atoms with Crippen LogP contribution in [0.1, 0.15) is 20.8 Å². The molecule has 1 N–H and O–H groups in total. The lowest BCUT2D eigenvalue weighted by Crippen LogP contribution is -2.49. The largest absolute Gasteiger partial charge is 0.529 e. The lowest BCUT2D eigenvalue weighted by Gasteiger charge is -2.34. The summed E-state index contributed by atoms with van der Waals surface area (Å²) in [6.45, 7) is 11.2. The summed E-state index contributed by atoms with van der Waals surface area (Å²) >= 11 is 0. The van der Waals surface area contributed by atoms with Gasteiger partial charge in [0.25, 0.3) is 0 Å². The van der Waals surface area contributed by atoms with Crippen LogP contribution < -0.4 is 10.0 Å². The second-order valence-corrected chi connectivity index (χ2v) is 6.01. The highest BCUT2D eigenvalue weighted by Crippen LogP contribution is 2.23. The monoisotopic (exact) mass is 486 g/mol. The van der Waals surface area contributed by atoms with Gasteiger partial charge in [0.1, 0.15) is 12.6 Å². The number of halogens is 1. The third-order valence-corrected chi connectivity index (χ3v) is 4.80. The number of quaternary nitrogens is 1. The van der Waals surface area contributed by atoms with Crippen molar-refractivity contribution in [2.45, 2.75) is 20.8 Å². The molecule has 0 atom stereocenters. The van der Waals surface area contributed by atoms with Crippen molar-refractivity contribution in [1.29, 1.82) is 0 Å². The number of carboxylic acid groups (broad SMARTS) is 1. The van der Waals surface area contributed by atoms with Crippen LogP contribution in [0.25, 0.3) is 0 Å². The van der Waals surface area contributed by atoms with Crippen LogP contribution in [0.15, 0.2) is 60.7 Å². The Kier molecular flexibility index (Phi) is 12.7. The van der Waals surface area contributed by atoms with Crippen molar-refractivity contribution < 1.29 is 19.5 Å². The molecule has 150 valence electrons. The zero-order valence-corrected chi connectivity index (χ0v) is 18.7. The van der Waals surface area contributed by atoms with Gasteiger partial charge in [0.15, 0.2) is 0 Å². The Morgan fingerprint density at radius 1 is 0.889 bits per heavy atom. The van der Waals surface area contributed by atoms with Gasteiger partial charge in [0.2, 0.25) is 0 Å². The van der Waals surface area contributed by atoms with Crippen LogP contribution in [-0.2, 0) is 0 Å². The number of carbonyl (C=O) groups excluding carboxylic acids is 1.